The van der Waals surface area contributed by atoms with Crippen LogP contribution in [0.25, 0.3) is 0 Å². The van der Waals surface area contributed by atoms with Crippen LogP contribution in [0.15, 0.2) is 36.4 Å². The van der Waals surface area contributed by atoms with E-state index in [4.69, 9.17) is 0 Å². The molecule has 0 heterocycles. The van der Waals surface area contributed by atoms with Gasteiger partial charge in [0, 0.05) is 11.5 Å². The summed E-state index contributed by atoms with van der Waals surface area (Å²) in [6.45, 7) is 17.4. The van der Waals surface area contributed by atoms with E-state index in [0.717, 1.165) is 11.1 Å². The van der Waals surface area contributed by atoms with Crippen LogP contribution in [0.4, 0.5) is 0 Å². The van der Waals surface area contributed by atoms with Gasteiger partial charge in [-0.1, -0.05) is 90.4 Å². The lowest BCUT2D eigenvalue weighted by atomic mass is 9.80. The van der Waals surface area contributed by atoms with E-state index in [1.54, 1.807) is 0 Å². The molecule has 2 aromatic carbocycles. The van der Waals surface area contributed by atoms with E-state index in [1.807, 2.05) is 0 Å². The molecule has 0 saturated carbocycles. The predicted octanol–water partition coefficient (Wildman–Crippen LogP) is 6.45. The molecule has 0 aliphatic heterocycles. The minimum absolute atomic E-state index is 0.0716. The minimum atomic E-state index is -0.0716. The average Bonchev–Trinajstić information content (AvgIpc) is 2.46. The lowest BCUT2D eigenvalue weighted by molar-refractivity contribution is 0.438. The van der Waals surface area contributed by atoms with Crippen molar-refractivity contribution in [2.24, 2.45) is 0 Å². The van der Waals surface area contributed by atoms with Crippen LogP contribution in [-0.4, -0.2) is 5.11 Å². The SMILES string of the molecule is Cc1cc(C(C)c2cccc(C(C)(C)C)c2)c(O)c(C(C)(C)C)c1. The van der Waals surface area contributed by atoms with Crippen LogP contribution >= 0.6 is 0 Å². The molecule has 1 unspecified atom stereocenters. The molecule has 0 aliphatic rings. The molecule has 130 valence electrons. The second-order valence-electron chi connectivity index (χ2n) is 9.10. The smallest absolute Gasteiger partial charge is 0.123 e. The number of hydrogen-bond acceptors (Lipinski definition) is 1. The van der Waals surface area contributed by atoms with E-state index in [2.05, 4.69) is 91.8 Å². The molecule has 2 rings (SSSR count). The van der Waals surface area contributed by atoms with E-state index in [1.165, 1.54) is 16.7 Å². The maximum absolute atomic E-state index is 10.9. The Balaban J connectivity index is 2.55. The van der Waals surface area contributed by atoms with Crippen LogP contribution in [0.2, 0.25) is 0 Å². The second kappa shape index (κ2) is 6.27. The average molecular weight is 325 g/mol. The quantitative estimate of drug-likeness (QED) is 0.673. The van der Waals surface area contributed by atoms with Gasteiger partial charge < -0.3 is 5.11 Å². The lowest BCUT2D eigenvalue weighted by Crippen LogP contribution is -2.14. The zero-order valence-electron chi connectivity index (χ0n) is 16.5. The third-order valence-electron chi connectivity index (χ3n) is 4.81. The minimum Gasteiger partial charge on any atom is -0.507 e. The van der Waals surface area contributed by atoms with Crippen molar-refractivity contribution in [3.8, 4) is 5.75 Å². The van der Waals surface area contributed by atoms with Crippen molar-refractivity contribution in [1.82, 2.24) is 0 Å². The highest BCUT2D eigenvalue weighted by molar-refractivity contribution is 5.51. The maximum Gasteiger partial charge on any atom is 0.123 e. The summed E-state index contributed by atoms with van der Waals surface area (Å²) in [5.74, 6) is 0.607. The van der Waals surface area contributed by atoms with Gasteiger partial charge in [0.25, 0.3) is 0 Å². The molecular weight excluding hydrogens is 292 g/mol. The molecule has 0 bridgehead atoms. The van der Waals surface area contributed by atoms with Gasteiger partial charge in [0.1, 0.15) is 5.75 Å². The second-order valence-corrected chi connectivity index (χ2v) is 9.10. The number of rotatable bonds is 2. The molecule has 2 aromatic rings. The molecule has 0 aromatic heterocycles. The molecule has 1 atom stereocenters. The first-order chi connectivity index (χ1) is 10.9. The molecule has 1 heteroatoms. The first kappa shape index (κ1) is 18.6. The third kappa shape index (κ3) is 3.83. The fraction of sp³-hybridized carbons (Fsp3) is 0.478. The van der Waals surface area contributed by atoms with E-state index in [0.29, 0.717) is 5.75 Å². The number of aromatic hydroxyl groups is 1. The van der Waals surface area contributed by atoms with Gasteiger partial charge >= 0.3 is 0 Å². The van der Waals surface area contributed by atoms with Crippen molar-refractivity contribution in [2.45, 2.75) is 72.1 Å². The number of aryl methyl sites for hydroxylation is 1. The molecule has 1 N–H and O–H groups in total. The van der Waals surface area contributed by atoms with Gasteiger partial charge in [0.15, 0.2) is 0 Å². The van der Waals surface area contributed by atoms with Crippen molar-refractivity contribution >= 4 is 0 Å². The van der Waals surface area contributed by atoms with Gasteiger partial charge in [0.2, 0.25) is 0 Å². The van der Waals surface area contributed by atoms with Gasteiger partial charge in [-0.3, -0.25) is 0 Å². The fourth-order valence-corrected chi connectivity index (χ4v) is 3.16. The van der Waals surface area contributed by atoms with Gasteiger partial charge in [-0.05, 0) is 34.4 Å². The molecule has 0 spiro atoms. The van der Waals surface area contributed by atoms with Crippen LogP contribution in [0.3, 0.4) is 0 Å². The summed E-state index contributed by atoms with van der Waals surface area (Å²) in [6, 6.07) is 13.0. The molecule has 1 nitrogen and oxygen atoms in total. The number of phenols is 1. The van der Waals surface area contributed by atoms with Crippen LogP contribution in [0, 0.1) is 6.92 Å². The van der Waals surface area contributed by atoms with Crippen molar-refractivity contribution in [1.29, 1.82) is 0 Å². The third-order valence-corrected chi connectivity index (χ3v) is 4.81. The first-order valence-corrected chi connectivity index (χ1v) is 8.85. The van der Waals surface area contributed by atoms with E-state index >= 15 is 0 Å². The van der Waals surface area contributed by atoms with E-state index in [9.17, 15) is 5.11 Å². The summed E-state index contributed by atoms with van der Waals surface area (Å²) in [5, 5.41) is 10.9. The van der Waals surface area contributed by atoms with Crippen LogP contribution in [0.1, 0.15) is 82.2 Å². The highest BCUT2D eigenvalue weighted by atomic mass is 16.3. The molecule has 0 aliphatic carbocycles. The van der Waals surface area contributed by atoms with Crippen LogP contribution < -0.4 is 0 Å². The van der Waals surface area contributed by atoms with E-state index in [-0.39, 0.29) is 16.7 Å². The van der Waals surface area contributed by atoms with Crippen molar-refractivity contribution in [2.75, 3.05) is 0 Å². The van der Waals surface area contributed by atoms with Crippen molar-refractivity contribution in [3.63, 3.8) is 0 Å². The number of phenolic OH excluding ortho intramolecular Hbond substituents is 1. The Hall–Kier alpha value is -1.76. The topological polar surface area (TPSA) is 20.2 Å². The predicted molar refractivity (Wildman–Crippen MR) is 104 cm³/mol. The van der Waals surface area contributed by atoms with Crippen LogP contribution in [-0.2, 0) is 10.8 Å². The Labute approximate surface area is 147 Å². The Bertz CT molecular complexity index is 727. The summed E-state index contributed by atoms with van der Waals surface area (Å²) in [4.78, 5) is 0. The van der Waals surface area contributed by atoms with Crippen molar-refractivity contribution < 1.29 is 5.11 Å². The Kier molecular flexibility index (Phi) is 4.86. The first-order valence-electron chi connectivity index (χ1n) is 8.85. The summed E-state index contributed by atoms with van der Waals surface area (Å²) < 4.78 is 0. The van der Waals surface area contributed by atoms with Gasteiger partial charge in [-0.25, -0.2) is 0 Å². The zero-order chi connectivity index (χ0) is 18.3. The summed E-state index contributed by atoms with van der Waals surface area (Å²) >= 11 is 0. The maximum atomic E-state index is 10.9. The summed E-state index contributed by atoms with van der Waals surface area (Å²) in [6.07, 6.45) is 0. The lowest BCUT2D eigenvalue weighted by Gasteiger charge is -2.26. The molecular formula is C23H32O. The van der Waals surface area contributed by atoms with Gasteiger partial charge in [-0.15, -0.1) is 0 Å². The largest absolute Gasteiger partial charge is 0.507 e. The molecule has 0 fully saturated rings. The van der Waals surface area contributed by atoms with E-state index < -0.39 is 0 Å². The van der Waals surface area contributed by atoms with Crippen LogP contribution in [0.5, 0.6) is 5.75 Å². The standard InChI is InChI=1S/C23H32O/c1-15-12-19(21(24)20(13-15)23(6,7)8)16(2)17-10-9-11-18(14-17)22(3,4)5/h9-14,16,24H,1-8H3. The summed E-state index contributed by atoms with van der Waals surface area (Å²) in [7, 11) is 0. The zero-order valence-corrected chi connectivity index (χ0v) is 16.5. The molecule has 0 saturated heterocycles. The Morgan fingerprint density at radius 3 is 2.04 bits per heavy atom. The van der Waals surface area contributed by atoms with Gasteiger partial charge in [-0.2, -0.15) is 0 Å². The highest BCUT2D eigenvalue weighted by Crippen LogP contribution is 2.40. The van der Waals surface area contributed by atoms with Gasteiger partial charge in [0.05, 0.1) is 0 Å². The number of benzene rings is 2. The summed E-state index contributed by atoms with van der Waals surface area (Å²) in [5.41, 5.74) is 5.88. The Morgan fingerprint density at radius 1 is 0.875 bits per heavy atom. The Morgan fingerprint density at radius 2 is 1.50 bits per heavy atom. The fourth-order valence-electron chi connectivity index (χ4n) is 3.16. The molecule has 0 amide bonds. The van der Waals surface area contributed by atoms with Crippen molar-refractivity contribution in [3.05, 3.63) is 64.2 Å². The molecule has 24 heavy (non-hydrogen) atoms. The normalized spacial score (nSPS) is 13.8. The molecule has 0 radical (unpaired) electrons. The monoisotopic (exact) mass is 324 g/mol. The number of hydrogen-bond donors (Lipinski definition) is 1. The highest BCUT2D eigenvalue weighted by Gasteiger charge is 2.24.